The molecule has 3 heteroatoms. The van der Waals surface area contributed by atoms with Gasteiger partial charge in [0, 0.05) is 5.56 Å². The molecule has 0 aromatic heterocycles. The number of aliphatic hydroxyl groups excluding tert-OH is 1. The summed E-state index contributed by atoms with van der Waals surface area (Å²) in [4.78, 5) is 0. The maximum atomic E-state index is 13.0. The zero-order valence-corrected chi connectivity index (χ0v) is 10.0. The number of hydrogen-bond acceptors (Lipinski definition) is 1. The zero-order chi connectivity index (χ0) is 13.1. The smallest absolute Gasteiger partial charge is 0.264 e. The summed E-state index contributed by atoms with van der Waals surface area (Å²) in [6.45, 7) is 1.72. The van der Waals surface area contributed by atoms with Crippen LogP contribution in [0.4, 0.5) is 8.78 Å². The van der Waals surface area contributed by atoms with E-state index in [1.54, 1.807) is 12.1 Å². The lowest BCUT2D eigenvalue weighted by Crippen LogP contribution is -1.94. The molecule has 0 bridgehead atoms. The molecule has 94 valence electrons. The summed E-state index contributed by atoms with van der Waals surface area (Å²) in [5.74, 6) is 0. The van der Waals surface area contributed by atoms with E-state index < -0.39 is 6.43 Å². The fraction of sp³-hybridized carbons (Fsp3) is 0.200. The van der Waals surface area contributed by atoms with E-state index in [0.29, 0.717) is 11.1 Å². The summed E-state index contributed by atoms with van der Waals surface area (Å²) in [7, 11) is 0. The molecule has 0 saturated heterocycles. The van der Waals surface area contributed by atoms with Crippen LogP contribution in [-0.4, -0.2) is 5.11 Å². The van der Waals surface area contributed by atoms with E-state index in [4.69, 9.17) is 5.11 Å². The van der Waals surface area contributed by atoms with Crippen LogP contribution in [-0.2, 0) is 6.61 Å². The molecule has 0 amide bonds. The molecule has 2 aromatic rings. The summed E-state index contributed by atoms with van der Waals surface area (Å²) >= 11 is 0. The molecule has 0 aliphatic heterocycles. The van der Waals surface area contributed by atoms with E-state index in [9.17, 15) is 8.78 Å². The monoisotopic (exact) mass is 248 g/mol. The molecular weight excluding hydrogens is 234 g/mol. The Morgan fingerprint density at radius 2 is 1.72 bits per heavy atom. The van der Waals surface area contributed by atoms with Gasteiger partial charge in [-0.1, -0.05) is 42.0 Å². The van der Waals surface area contributed by atoms with E-state index >= 15 is 0 Å². The maximum absolute atomic E-state index is 13.0. The van der Waals surface area contributed by atoms with Crippen LogP contribution in [0.15, 0.2) is 42.5 Å². The minimum absolute atomic E-state index is 0.0367. The Bertz CT molecular complexity index is 533. The molecule has 0 aliphatic carbocycles. The Kier molecular flexibility index (Phi) is 3.72. The maximum Gasteiger partial charge on any atom is 0.264 e. The molecule has 0 saturated carbocycles. The minimum atomic E-state index is -2.55. The second-order valence-corrected chi connectivity index (χ2v) is 4.25. The highest BCUT2D eigenvalue weighted by molar-refractivity contribution is 5.68. The molecule has 0 fully saturated rings. The summed E-state index contributed by atoms with van der Waals surface area (Å²) < 4.78 is 26.1. The summed E-state index contributed by atoms with van der Waals surface area (Å²) in [5.41, 5.74) is 2.83. The molecule has 1 nitrogen and oxygen atoms in total. The molecule has 1 N–H and O–H groups in total. The van der Waals surface area contributed by atoms with Gasteiger partial charge in [-0.3, -0.25) is 0 Å². The average molecular weight is 248 g/mol. The molecule has 0 aliphatic rings. The van der Waals surface area contributed by atoms with Crippen LogP contribution in [0.3, 0.4) is 0 Å². The normalized spacial score (nSPS) is 10.9. The predicted molar refractivity (Wildman–Crippen MR) is 67.5 cm³/mol. The van der Waals surface area contributed by atoms with Gasteiger partial charge in [-0.25, -0.2) is 8.78 Å². The van der Waals surface area contributed by atoms with Crippen molar-refractivity contribution in [2.24, 2.45) is 0 Å². The van der Waals surface area contributed by atoms with Crippen molar-refractivity contribution in [3.63, 3.8) is 0 Å². The van der Waals surface area contributed by atoms with E-state index in [0.717, 1.165) is 11.1 Å². The molecule has 2 aromatic carbocycles. The first-order valence-corrected chi connectivity index (χ1v) is 5.70. The Labute approximate surface area is 105 Å². The minimum Gasteiger partial charge on any atom is -0.392 e. The predicted octanol–water partition coefficient (Wildman–Crippen LogP) is 4.09. The van der Waals surface area contributed by atoms with Gasteiger partial charge in [-0.2, -0.15) is 0 Å². The molecule has 18 heavy (non-hydrogen) atoms. The van der Waals surface area contributed by atoms with Gasteiger partial charge in [0.05, 0.1) is 6.61 Å². The van der Waals surface area contributed by atoms with Crippen molar-refractivity contribution in [1.82, 2.24) is 0 Å². The van der Waals surface area contributed by atoms with Gasteiger partial charge >= 0.3 is 0 Å². The second-order valence-electron chi connectivity index (χ2n) is 4.25. The molecule has 0 heterocycles. The SMILES string of the molecule is Cc1ccc(-c2ccc(CO)cc2C(F)F)cc1. The Hall–Kier alpha value is -1.74. The Balaban J connectivity index is 2.52. The van der Waals surface area contributed by atoms with Crippen LogP contribution < -0.4 is 0 Å². The van der Waals surface area contributed by atoms with Crippen molar-refractivity contribution in [3.8, 4) is 11.1 Å². The summed E-state index contributed by atoms with van der Waals surface area (Å²) in [6, 6.07) is 12.1. The number of aliphatic hydroxyl groups is 1. The molecule has 2 rings (SSSR count). The number of rotatable bonds is 3. The number of aryl methyl sites for hydroxylation is 1. The van der Waals surface area contributed by atoms with Crippen molar-refractivity contribution in [1.29, 1.82) is 0 Å². The van der Waals surface area contributed by atoms with E-state index in [2.05, 4.69) is 0 Å². The number of alkyl halides is 2. The summed E-state index contributed by atoms with van der Waals surface area (Å²) in [6.07, 6.45) is -2.55. The quantitative estimate of drug-likeness (QED) is 0.867. The third-order valence-electron chi connectivity index (χ3n) is 2.90. The average Bonchev–Trinajstić information content (AvgIpc) is 2.39. The number of hydrogen-bond donors (Lipinski definition) is 1. The van der Waals surface area contributed by atoms with Crippen LogP contribution in [0.2, 0.25) is 0 Å². The Morgan fingerprint density at radius 3 is 2.28 bits per heavy atom. The first-order chi connectivity index (χ1) is 8.61. The molecule has 0 spiro atoms. The number of halogens is 2. The molecular formula is C15H14F2O. The highest BCUT2D eigenvalue weighted by Gasteiger charge is 2.14. The van der Waals surface area contributed by atoms with Crippen LogP contribution >= 0.6 is 0 Å². The third kappa shape index (κ3) is 2.57. The van der Waals surface area contributed by atoms with Crippen molar-refractivity contribution >= 4 is 0 Å². The highest BCUT2D eigenvalue weighted by Crippen LogP contribution is 2.32. The van der Waals surface area contributed by atoms with E-state index in [1.165, 1.54) is 6.07 Å². The van der Waals surface area contributed by atoms with Gasteiger partial charge < -0.3 is 5.11 Å². The topological polar surface area (TPSA) is 20.2 Å². The first-order valence-electron chi connectivity index (χ1n) is 5.70. The van der Waals surface area contributed by atoms with E-state index in [1.807, 2.05) is 31.2 Å². The van der Waals surface area contributed by atoms with Gasteiger partial charge in [0.15, 0.2) is 0 Å². The second kappa shape index (κ2) is 5.27. The van der Waals surface area contributed by atoms with Crippen molar-refractivity contribution in [2.45, 2.75) is 20.0 Å². The lowest BCUT2D eigenvalue weighted by Gasteiger charge is -2.11. The fourth-order valence-corrected chi connectivity index (χ4v) is 1.89. The van der Waals surface area contributed by atoms with Crippen LogP contribution in [0.1, 0.15) is 23.1 Å². The van der Waals surface area contributed by atoms with Crippen LogP contribution in [0.5, 0.6) is 0 Å². The third-order valence-corrected chi connectivity index (χ3v) is 2.90. The first kappa shape index (κ1) is 12.7. The van der Waals surface area contributed by atoms with Crippen molar-refractivity contribution < 1.29 is 13.9 Å². The van der Waals surface area contributed by atoms with Crippen molar-refractivity contribution in [3.05, 3.63) is 59.2 Å². The molecule has 0 atom stereocenters. The lowest BCUT2D eigenvalue weighted by molar-refractivity contribution is 0.151. The van der Waals surface area contributed by atoms with Gasteiger partial charge in [-0.15, -0.1) is 0 Å². The van der Waals surface area contributed by atoms with Gasteiger partial charge in [0.25, 0.3) is 6.43 Å². The zero-order valence-electron chi connectivity index (χ0n) is 10.0. The largest absolute Gasteiger partial charge is 0.392 e. The van der Waals surface area contributed by atoms with E-state index in [-0.39, 0.29) is 12.2 Å². The van der Waals surface area contributed by atoms with Gasteiger partial charge in [-0.05, 0) is 29.7 Å². The fourth-order valence-electron chi connectivity index (χ4n) is 1.89. The lowest BCUT2D eigenvalue weighted by atomic mass is 9.97. The summed E-state index contributed by atoms with van der Waals surface area (Å²) in [5, 5.41) is 9.00. The van der Waals surface area contributed by atoms with Gasteiger partial charge in [0.2, 0.25) is 0 Å². The molecule has 0 unspecified atom stereocenters. The highest BCUT2D eigenvalue weighted by atomic mass is 19.3. The Morgan fingerprint density at radius 1 is 1.06 bits per heavy atom. The standard InChI is InChI=1S/C15H14F2O/c1-10-2-5-12(6-3-10)13-7-4-11(9-18)8-14(13)15(16)17/h2-8,15,18H,9H2,1H3. The van der Waals surface area contributed by atoms with Gasteiger partial charge in [0.1, 0.15) is 0 Å². The van der Waals surface area contributed by atoms with Crippen LogP contribution in [0, 0.1) is 6.92 Å². The van der Waals surface area contributed by atoms with Crippen molar-refractivity contribution in [2.75, 3.05) is 0 Å². The van der Waals surface area contributed by atoms with Crippen LogP contribution in [0.25, 0.3) is 11.1 Å². The molecule has 0 radical (unpaired) electrons. The number of benzene rings is 2.